The molecule has 8 heteroatoms. The molecule has 0 aromatic heterocycles. The summed E-state index contributed by atoms with van der Waals surface area (Å²) in [6, 6.07) is 0.323. The summed E-state index contributed by atoms with van der Waals surface area (Å²) < 4.78 is 52.5. The first-order valence-electron chi connectivity index (χ1n) is 6.24. The normalized spacial score (nSPS) is 19.7. The van der Waals surface area contributed by atoms with Gasteiger partial charge in [0.1, 0.15) is 11.9 Å². The van der Waals surface area contributed by atoms with Crippen molar-refractivity contribution in [2.45, 2.75) is 31.5 Å². The zero-order chi connectivity index (χ0) is 15.8. The summed E-state index contributed by atoms with van der Waals surface area (Å²) in [7, 11) is 0. The number of benzene rings is 1. The van der Waals surface area contributed by atoms with Crippen LogP contribution in [0.15, 0.2) is 12.1 Å². The maximum atomic E-state index is 13.3. The van der Waals surface area contributed by atoms with E-state index in [1.165, 1.54) is 6.07 Å². The third-order valence-electron chi connectivity index (χ3n) is 3.38. The Kier molecular flexibility index (Phi) is 5.02. The van der Waals surface area contributed by atoms with Crippen molar-refractivity contribution < 1.29 is 22.4 Å². The van der Waals surface area contributed by atoms with Crippen LogP contribution in [0.4, 0.5) is 17.6 Å². The predicted octanol–water partition coefficient (Wildman–Crippen LogP) is 4.64. The molecule has 1 fully saturated rings. The van der Waals surface area contributed by atoms with Crippen LogP contribution >= 0.6 is 34.2 Å². The number of rotatable bonds is 1. The summed E-state index contributed by atoms with van der Waals surface area (Å²) in [5.74, 6) is -1.41. The van der Waals surface area contributed by atoms with E-state index in [0.717, 1.165) is 11.0 Å². The average Bonchev–Trinajstić information content (AvgIpc) is 2.41. The highest BCUT2D eigenvalue weighted by atomic mass is 127. The van der Waals surface area contributed by atoms with Gasteiger partial charge < -0.3 is 4.90 Å². The van der Waals surface area contributed by atoms with Crippen LogP contribution in [0.25, 0.3) is 0 Å². The van der Waals surface area contributed by atoms with E-state index in [2.05, 4.69) is 0 Å². The lowest BCUT2D eigenvalue weighted by molar-refractivity contribution is -0.183. The van der Waals surface area contributed by atoms with Gasteiger partial charge in [-0.05, 0) is 54.0 Å². The van der Waals surface area contributed by atoms with E-state index in [4.69, 9.17) is 11.6 Å². The molecule has 1 atom stereocenters. The van der Waals surface area contributed by atoms with E-state index in [0.29, 0.717) is 12.8 Å². The van der Waals surface area contributed by atoms with Gasteiger partial charge in [0, 0.05) is 10.1 Å². The van der Waals surface area contributed by atoms with Gasteiger partial charge in [0.05, 0.1) is 10.6 Å². The molecule has 116 valence electrons. The molecule has 0 radical (unpaired) electrons. The summed E-state index contributed by atoms with van der Waals surface area (Å²) in [4.78, 5) is 13.1. The molecule has 1 aromatic carbocycles. The van der Waals surface area contributed by atoms with Crippen molar-refractivity contribution in [1.82, 2.24) is 4.90 Å². The lowest BCUT2D eigenvalue weighted by atomic mass is 10.0. The van der Waals surface area contributed by atoms with Gasteiger partial charge >= 0.3 is 6.18 Å². The van der Waals surface area contributed by atoms with Gasteiger partial charge in [-0.15, -0.1) is 0 Å². The number of hydrogen-bond acceptors (Lipinski definition) is 1. The van der Waals surface area contributed by atoms with E-state index in [-0.39, 0.29) is 27.1 Å². The number of nitrogens with zero attached hydrogens (tertiary/aromatic N) is 1. The highest BCUT2D eigenvalue weighted by molar-refractivity contribution is 14.1. The Bertz CT molecular complexity index is 564. The third kappa shape index (κ3) is 3.61. The van der Waals surface area contributed by atoms with E-state index >= 15 is 0 Å². The second kappa shape index (κ2) is 6.28. The Balaban J connectivity index is 2.36. The molecule has 1 aromatic rings. The minimum atomic E-state index is -4.48. The van der Waals surface area contributed by atoms with Gasteiger partial charge in [0.2, 0.25) is 0 Å². The van der Waals surface area contributed by atoms with E-state index < -0.39 is 23.9 Å². The number of hydrogen-bond donors (Lipinski definition) is 0. The molecule has 2 nitrogen and oxygen atoms in total. The Morgan fingerprint density at radius 1 is 1.33 bits per heavy atom. The van der Waals surface area contributed by atoms with Crippen molar-refractivity contribution in [3.63, 3.8) is 0 Å². The number of amides is 1. The summed E-state index contributed by atoms with van der Waals surface area (Å²) >= 11 is 7.47. The van der Waals surface area contributed by atoms with Crippen LogP contribution in [0.1, 0.15) is 29.6 Å². The second-order valence-corrected chi connectivity index (χ2v) is 6.37. The molecule has 0 saturated carbocycles. The van der Waals surface area contributed by atoms with Gasteiger partial charge in [-0.3, -0.25) is 4.79 Å². The molecule has 0 bridgehead atoms. The van der Waals surface area contributed by atoms with Crippen molar-refractivity contribution in [3.05, 3.63) is 32.1 Å². The largest absolute Gasteiger partial charge is 0.408 e. The Hall–Kier alpha value is -0.570. The van der Waals surface area contributed by atoms with Crippen LogP contribution in [-0.4, -0.2) is 29.6 Å². The minimum absolute atomic E-state index is 0.0211. The number of alkyl halides is 3. The van der Waals surface area contributed by atoms with E-state index in [9.17, 15) is 22.4 Å². The average molecular weight is 436 g/mol. The molecule has 0 spiro atoms. The van der Waals surface area contributed by atoms with Crippen molar-refractivity contribution >= 4 is 40.1 Å². The number of carbonyl (C=O) groups is 1. The van der Waals surface area contributed by atoms with E-state index in [1.807, 2.05) is 0 Å². The fourth-order valence-electron chi connectivity index (χ4n) is 2.36. The molecule has 1 saturated heterocycles. The van der Waals surface area contributed by atoms with Gasteiger partial charge in [0.25, 0.3) is 5.91 Å². The van der Waals surface area contributed by atoms with Crippen molar-refractivity contribution in [3.8, 4) is 0 Å². The third-order valence-corrected chi connectivity index (χ3v) is 4.52. The first kappa shape index (κ1) is 16.8. The Morgan fingerprint density at radius 3 is 2.62 bits per heavy atom. The number of halogens is 6. The molecule has 0 aliphatic carbocycles. The maximum Gasteiger partial charge on any atom is 0.408 e. The van der Waals surface area contributed by atoms with Crippen LogP contribution in [0.3, 0.4) is 0 Å². The zero-order valence-electron chi connectivity index (χ0n) is 10.7. The fraction of sp³-hybridized carbons (Fsp3) is 0.462. The summed E-state index contributed by atoms with van der Waals surface area (Å²) in [6.07, 6.45) is -3.67. The molecule has 1 unspecified atom stereocenters. The monoisotopic (exact) mass is 435 g/mol. The van der Waals surface area contributed by atoms with Crippen LogP contribution in [0.2, 0.25) is 5.02 Å². The summed E-state index contributed by atoms with van der Waals surface area (Å²) in [6.45, 7) is 0.0211. The Morgan fingerprint density at radius 2 is 2.00 bits per heavy atom. The van der Waals surface area contributed by atoms with E-state index in [1.54, 1.807) is 22.6 Å². The van der Waals surface area contributed by atoms with Crippen molar-refractivity contribution in [2.75, 3.05) is 6.54 Å². The van der Waals surface area contributed by atoms with Crippen molar-refractivity contribution in [2.24, 2.45) is 0 Å². The van der Waals surface area contributed by atoms with Crippen LogP contribution in [0.5, 0.6) is 0 Å². The summed E-state index contributed by atoms with van der Waals surface area (Å²) in [5, 5.41) is -0.176. The summed E-state index contributed by atoms with van der Waals surface area (Å²) in [5.41, 5.74) is -0.0985. The predicted molar refractivity (Wildman–Crippen MR) is 78.9 cm³/mol. The topological polar surface area (TPSA) is 20.3 Å². The first-order valence-corrected chi connectivity index (χ1v) is 7.69. The smallest absolute Gasteiger partial charge is 0.326 e. The van der Waals surface area contributed by atoms with Crippen molar-refractivity contribution in [1.29, 1.82) is 0 Å². The fourth-order valence-corrected chi connectivity index (χ4v) is 3.05. The molecular formula is C13H11ClF4INO. The van der Waals surface area contributed by atoms with Gasteiger partial charge in [0.15, 0.2) is 0 Å². The van der Waals surface area contributed by atoms with Crippen LogP contribution in [-0.2, 0) is 0 Å². The molecular weight excluding hydrogens is 424 g/mol. The second-order valence-electron chi connectivity index (χ2n) is 4.80. The standard InChI is InChI=1S/C13H11ClF4INO/c14-8-6-9(15)10(19)5-7(8)12(21)20-4-2-1-3-11(20)13(16,17)18/h5-6,11H,1-4H2. The number of likely N-dealkylation sites (tertiary alicyclic amines) is 1. The zero-order valence-corrected chi connectivity index (χ0v) is 13.6. The molecule has 1 heterocycles. The van der Waals surface area contributed by atoms with Crippen LogP contribution < -0.4 is 0 Å². The number of piperidine rings is 1. The van der Waals surface area contributed by atoms with Crippen LogP contribution in [0, 0.1) is 9.39 Å². The molecule has 0 N–H and O–H groups in total. The molecule has 21 heavy (non-hydrogen) atoms. The molecule has 1 amide bonds. The lowest BCUT2D eigenvalue weighted by Gasteiger charge is -2.37. The quantitative estimate of drug-likeness (QED) is 0.358. The SMILES string of the molecule is O=C(c1cc(I)c(F)cc1Cl)N1CCCCC1C(F)(F)F. The Labute approximate surface area is 137 Å². The highest BCUT2D eigenvalue weighted by Gasteiger charge is 2.46. The lowest BCUT2D eigenvalue weighted by Crippen LogP contribution is -2.51. The van der Waals surface area contributed by atoms with Gasteiger partial charge in [-0.2, -0.15) is 13.2 Å². The maximum absolute atomic E-state index is 13.3. The molecule has 1 aliphatic heterocycles. The molecule has 2 rings (SSSR count). The highest BCUT2D eigenvalue weighted by Crippen LogP contribution is 2.34. The van der Waals surface area contributed by atoms with Gasteiger partial charge in [-0.1, -0.05) is 11.6 Å². The molecule has 1 aliphatic rings. The van der Waals surface area contributed by atoms with Gasteiger partial charge in [-0.25, -0.2) is 4.39 Å². The first-order chi connectivity index (χ1) is 9.71. The number of carbonyl (C=O) groups excluding carboxylic acids is 1. The minimum Gasteiger partial charge on any atom is -0.326 e.